The van der Waals surface area contributed by atoms with Gasteiger partial charge in [-0.1, -0.05) is 29.8 Å². The van der Waals surface area contributed by atoms with Crippen molar-refractivity contribution in [3.8, 4) is 5.75 Å². The van der Waals surface area contributed by atoms with E-state index in [2.05, 4.69) is 15.6 Å². The van der Waals surface area contributed by atoms with Crippen LogP contribution in [0.2, 0.25) is 5.02 Å². The fraction of sp³-hybridized carbons (Fsp3) is 0.304. The van der Waals surface area contributed by atoms with Crippen LogP contribution in [-0.4, -0.2) is 16.6 Å². The van der Waals surface area contributed by atoms with Crippen LogP contribution in [0.3, 0.4) is 0 Å². The van der Waals surface area contributed by atoms with Crippen LogP contribution in [0.25, 0.3) is 10.8 Å². The first-order valence-corrected chi connectivity index (χ1v) is 10.3. The van der Waals surface area contributed by atoms with E-state index >= 15 is 0 Å². The van der Waals surface area contributed by atoms with E-state index < -0.39 is 0 Å². The van der Waals surface area contributed by atoms with Crippen LogP contribution in [0.1, 0.15) is 43.0 Å². The molecule has 0 bridgehead atoms. The molecule has 2 aromatic carbocycles. The number of nitrogens with zero attached hydrogens (tertiary/aromatic N) is 1. The predicted molar refractivity (Wildman–Crippen MR) is 115 cm³/mol. The van der Waals surface area contributed by atoms with E-state index in [1.807, 2.05) is 55.6 Å². The number of anilines is 1. The van der Waals surface area contributed by atoms with E-state index in [1.54, 1.807) is 0 Å². The van der Waals surface area contributed by atoms with Gasteiger partial charge in [-0.15, -0.1) is 0 Å². The predicted octanol–water partition coefficient (Wildman–Crippen LogP) is 5.76. The second-order valence-electron chi connectivity index (χ2n) is 8.03. The largest absolute Gasteiger partial charge is 0.487 e. The molecule has 3 aromatic rings. The van der Waals surface area contributed by atoms with Gasteiger partial charge in [-0.3, -0.25) is 4.98 Å². The van der Waals surface area contributed by atoms with E-state index in [-0.39, 0.29) is 17.7 Å². The number of ether oxygens (including phenoxy) is 1. The molecule has 2 heterocycles. The van der Waals surface area contributed by atoms with Gasteiger partial charge >= 0.3 is 6.03 Å². The van der Waals surface area contributed by atoms with Gasteiger partial charge in [0, 0.05) is 39.7 Å². The van der Waals surface area contributed by atoms with Crippen molar-refractivity contribution in [2.24, 2.45) is 0 Å². The molecule has 1 aliphatic heterocycles. The number of carbonyl (C=O) groups excluding carboxylic acids is 1. The lowest BCUT2D eigenvalue weighted by atomic mass is 9.73. The number of benzene rings is 2. The van der Waals surface area contributed by atoms with E-state index in [9.17, 15) is 4.79 Å². The molecule has 1 atom stereocenters. The van der Waals surface area contributed by atoms with Gasteiger partial charge in [0.15, 0.2) is 0 Å². The van der Waals surface area contributed by atoms with Gasteiger partial charge in [-0.25, -0.2) is 4.79 Å². The number of rotatable bonds is 2. The van der Waals surface area contributed by atoms with Crippen LogP contribution >= 0.6 is 11.6 Å². The minimum Gasteiger partial charge on any atom is -0.487 e. The number of aryl methyl sites for hydroxylation is 1. The van der Waals surface area contributed by atoms with E-state index in [4.69, 9.17) is 16.3 Å². The second kappa shape index (κ2) is 6.92. The zero-order valence-electron chi connectivity index (χ0n) is 16.2. The SMILES string of the molecule is Cc1cc2c(NC(=O)NC3CC4(CCC4)Oc4cc(Cl)ccc43)cccc2cn1. The minimum absolute atomic E-state index is 0.116. The molecule has 5 rings (SSSR count). The molecule has 2 N–H and O–H groups in total. The summed E-state index contributed by atoms with van der Waals surface area (Å²) in [6.07, 6.45) is 5.76. The lowest BCUT2D eigenvalue weighted by Crippen LogP contribution is -2.50. The molecule has 1 aliphatic carbocycles. The van der Waals surface area contributed by atoms with Crippen LogP contribution in [0.15, 0.2) is 48.7 Å². The fourth-order valence-electron chi connectivity index (χ4n) is 4.35. The van der Waals surface area contributed by atoms with E-state index in [0.717, 1.165) is 59.2 Å². The summed E-state index contributed by atoms with van der Waals surface area (Å²) < 4.78 is 6.27. The Hall–Kier alpha value is -2.79. The Kier molecular flexibility index (Phi) is 4.36. The summed E-state index contributed by atoms with van der Waals surface area (Å²) in [6.45, 7) is 1.94. The maximum atomic E-state index is 12.9. The first kappa shape index (κ1) is 18.3. The average Bonchev–Trinajstić information content (AvgIpc) is 2.66. The molecule has 1 spiro atoms. The quantitative estimate of drug-likeness (QED) is 0.567. The smallest absolute Gasteiger partial charge is 0.319 e. The number of carbonyl (C=O) groups is 1. The van der Waals surface area contributed by atoms with Gasteiger partial charge in [0.05, 0.1) is 11.7 Å². The molecular formula is C23H22ClN3O2. The molecule has 5 nitrogen and oxygen atoms in total. The van der Waals surface area contributed by atoms with Gasteiger partial charge < -0.3 is 15.4 Å². The number of hydrogen-bond donors (Lipinski definition) is 2. The molecule has 148 valence electrons. The van der Waals surface area contributed by atoms with Crippen molar-refractivity contribution < 1.29 is 9.53 Å². The lowest BCUT2D eigenvalue weighted by molar-refractivity contribution is -0.0354. The second-order valence-corrected chi connectivity index (χ2v) is 8.46. The molecule has 6 heteroatoms. The molecule has 1 saturated carbocycles. The third-order valence-electron chi connectivity index (χ3n) is 5.97. The summed E-state index contributed by atoms with van der Waals surface area (Å²) in [4.78, 5) is 17.2. The number of hydrogen-bond acceptors (Lipinski definition) is 3. The van der Waals surface area contributed by atoms with Crippen molar-refractivity contribution in [2.45, 2.75) is 44.2 Å². The van der Waals surface area contributed by atoms with Crippen molar-refractivity contribution in [1.82, 2.24) is 10.3 Å². The summed E-state index contributed by atoms with van der Waals surface area (Å²) >= 11 is 6.18. The molecule has 1 aromatic heterocycles. The zero-order valence-corrected chi connectivity index (χ0v) is 16.9. The van der Waals surface area contributed by atoms with Crippen LogP contribution < -0.4 is 15.4 Å². The fourth-order valence-corrected chi connectivity index (χ4v) is 4.51. The van der Waals surface area contributed by atoms with Crippen molar-refractivity contribution in [2.75, 3.05) is 5.32 Å². The number of nitrogens with one attached hydrogen (secondary N) is 2. The summed E-state index contributed by atoms with van der Waals surface area (Å²) in [7, 11) is 0. The maximum Gasteiger partial charge on any atom is 0.319 e. The summed E-state index contributed by atoms with van der Waals surface area (Å²) in [6, 6.07) is 13.1. The van der Waals surface area contributed by atoms with Crippen LogP contribution in [0.4, 0.5) is 10.5 Å². The van der Waals surface area contributed by atoms with Crippen LogP contribution in [0, 0.1) is 6.92 Å². The number of fused-ring (bicyclic) bond motifs is 2. The van der Waals surface area contributed by atoms with Gasteiger partial charge in [0.25, 0.3) is 0 Å². The summed E-state index contributed by atoms with van der Waals surface area (Å²) in [5.41, 5.74) is 2.47. The highest BCUT2D eigenvalue weighted by Crippen LogP contribution is 2.49. The van der Waals surface area contributed by atoms with Gasteiger partial charge in [-0.2, -0.15) is 0 Å². The van der Waals surface area contributed by atoms with Gasteiger partial charge in [-0.05, 0) is 50.5 Å². The van der Waals surface area contributed by atoms with Crippen molar-refractivity contribution in [3.63, 3.8) is 0 Å². The Morgan fingerprint density at radius 1 is 1.24 bits per heavy atom. The average molecular weight is 408 g/mol. The molecule has 29 heavy (non-hydrogen) atoms. The Bertz CT molecular complexity index is 1110. The highest BCUT2D eigenvalue weighted by molar-refractivity contribution is 6.30. The number of pyridine rings is 1. The third kappa shape index (κ3) is 3.40. The third-order valence-corrected chi connectivity index (χ3v) is 6.21. The first-order chi connectivity index (χ1) is 14.0. The molecule has 1 unspecified atom stereocenters. The monoisotopic (exact) mass is 407 g/mol. The van der Waals surface area contributed by atoms with Crippen molar-refractivity contribution in [3.05, 3.63) is 64.9 Å². The molecule has 2 amide bonds. The van der Waals surface area contributed by atoms with Gasteiger partial charge in [0.1, 0.15) is 11.4 Å². The Labute approximate surface area is 174 Å². The standard InChI is InChI=1S/C23H22ClN3O2/c1-14-10-18-15(13-25-14)4-2-5-19(18)26-22(28)27-20-12-23(8-3-9-23)29-21-11-16(24)6-7-17(20)21/h2,4-7,10-11,13,20H,3,8-9,12H2,1H3,(H2,26,27,28). The Balaban J connectivity index is 1.40. The molecule has 0 saturated heterocycles. The Morgan fingerprint density at radius 2 is 2.10 bits per heavy atom. The lowest BCUT2D eigenvalue weighted by Gasteiger charge is -2.48. The molecular weight excluding hydrogens is 386 g/mol. The van der Waals surface area contributed by atoms with Crippen LogP contribution in [0.5, 0.6) is 5.75 Å². The first-order valence-electron chi connectivity index (χ1n) is 9.93. The molecule has 1 fully saturated rings. The van der Waals surface area contributed by atoms with E-state index in [0.29, 0.717) is 5.02 Å². The van der Waals surface area contributed by atoms with E-state index in [1.165, 1.54) is 0 Å². The summed E-state index contributed by atoms with van der Waals surface area (Å²) in [5.74, 6) is 0.778. The number of amides is 2. The topological polar surface area (TPSA) is 63.2 Å². The number of urea groups is 1. The zero-order chi connectivity index (χ0) is 20.0. The molecule has 2 aliphatic rings. The summed E-state index contributed by atoms with van der Waals surface area (Å²) in [5, 5.41) is 8.79. The van der Waals surface area contributed by atoms with Crippen molar-refractivity contribution in [1.29, 1.82) is 0 Å². The van der Waals surface area contributed by atoms with Crippen LogP contribution in [-0.2, 0) is 0 Å². The minimum atomic E-state index is -0.228. The highest BCUT2D eigenvalue weighted by atomic mass is 35.5. The Morgan fingerprint density at radius 3 is 2.90 bits per heavy atom. The number of halogens is 1. The molecule has 0 radical (unpaired) electrons. The normalized spacial score (nSPS) is 19.2. The number of aromatic nitrogens is 1. The highest BCUT2D eigenvalue weighted by Gasteiger charge is 2.46. The van der Waals surface area contributed by atoms with Crippen molar-refractivity contribution >= 4 is 34.1 Å². The maximum absolute atomic E-state index is 12.9. The van der Waals surface area contributed by atoms with Gasteiger partial charge in [0.2, 0.25) is 0 Å².